The van der Waals surface area contributed by atoms with Crippen molar-refractivity contribution in [2.45, 2.75) is 13.0 Å². The van der Waals surface area contributed by atoms with E-state index in [2.05, 4.69) is 19.5 Å². The molecule has 31 heavy (non-hydrogen) atoms. The number of methoxy groups -OCH3 is 2. The minimum absolute atomic E-state index is 0.224. The number of H-pyrrole nitrogens is 1. The first kappa shape index (κ1) is 19.4. The number of hydrogen-bond acceptors (Lipinski definition) is 6. The Morgan fingerprint density at radius 1 is 1.10 bits per heavy atom. The van der Waals surface area contributed by atoms with Crippen LogP contribution in [0.15, 0.2) is 47.5 Å². The van der Waals surface area contributed by atoms with Crippen molar-refractivity contribution >= 4 is 28.5 Å². The highest BCUT2D eigenvalue weighted by Gasteiger charge is 2.24. The van der Waals surface area contributed by atoms with Crippen LogP contribution >= 0.6 is 11.6 Å². The molecule has 0 aliphatic carbocycles. The molecule has 0 amide bonds. The Bertz CT molecular complexity index is 1330. The highest BCUT2D eigenvalue weighted by Crippen LogP contribution is 2.31. The molecule has 0 unspecified atom stereocenters. The Labute approximate surface area is 183 Å². The van der Waals surface area contributed by atoms with Gasteiger partial charge >= 0.3 is 0 Å². The standard InChI is InChI=1S/C22H20ClN5O3/c1-30-19-9-15-16(10-20(19)31-2)25-22(26-21(15)29)27-8-7-18-17(11-27)24-12-28(18)14-5-3-13(23)4-6-14/h3-6,9-10,12H,7-8,11H2,1-2H3,(H,25,26,29). The van der Waals surface area contributed by atoms with Crippen LogP contribution in [0.1, 0.15) is 11.4 Å². The van der Waals surface area contributed by atoms with Crippen LogP contribution in [-0.4, -0.2) is 40.3 Å². The average Bonchev–Trinajstić information content (AvgIpc) is 3.22. The van der Waals surface area contributed by atoms with Crippen LogP contribution in [0.25, 0.3) is 16.6 Å². The third-order valence-corrected chi connectivity index (χ3v) is 5.77. The van der Waals surface area contributed by atoms with Gasteiger partial charge in [-0.3, -0.25) is 9.78 Å². The fourth-order valence-corrected chi connectivity index (χ4v) is 4.04. The Morgan fingerprint density at radius 3 is 2.58 bits per heavy atom. The quantitative estimate of drug-likeness (QED) is 0.527. The lowest BCUT2D eigenvalue weighted by Crippen LogP contribution is -2.33. The number of imidazole rings is 1. The monoisotopic (exact) mass is 437 g/mol. The summed E-state index contributed by atoms with van der Waals surface area (Å²) in [6.45, 7) is 1.26. The molecular formula is C22H20ClN5O3. The molecule has 0 saturated heterocycles. The number of anilines is 1. The number of nitrogens with one attached hydrogen (secondary N) is 1. The molecule has 0 bridgehead atoms. The highest BCUT2D eigenvalue weighted by molar-refractivity contribution is 6.30. The number of rotatable bonds is 4. The Hall–Kier alpha value is -3.52. The third-order valence-electron chi connectivity index (χ3n) is 5.51. The molecule has 2 aromatic carbocycles. The second-order valence-corrected chi connectivity index (χ2v) is 7.71. The normalized spacial score (nSPS) is 13.3. The van der Waals surface area contributed by atoms with Gasteiger partial charge in [0.25, 0.3) is 5.56 Å². The van der Waals surface area contributed by atoms with Gasteiger partial charge in [-0.05, 0) is 30.3 Å². The van der Waals surface area contributed by atoms with Gasteiger partial charge in [-0.15, -0.1) is 0 Å². The molecule has 9 heteroatoms. The van der Waals surface area contributed by atoms with E-state index < -0.39 is 0 Å². The second-order valence-electron chi connectivity index (χ2n) is 7.27. The second kappa shape index (κ2) is 7.63. The summed E-state index contributed by atoms with van der Waals surface area (Å²) in [4.78, 5) is 26.9. The average molecular weight is 438 g/mol. The van der Waals surface area contributed by atoms with Crippen LogP contribution in [-0.2, 0) is 13.0 Å². The summed E-state index contributed by atoms with van der Waals surface area (Å²) in [5.41, 5.74) is 3.45. The largest absolute Gasteiger partial charge is 0.493 e. The fourth-order valence-electron chi connectivity index (χ4n) is 3.92. The molecule has 0 radical (unpaired) electrons. The van der Waals surface area contributed by atoms with Crippen LogP contribution in [0.3, 0.4) is 0 Å². The number of aromatic amines is 1. The zero-order valence-electron chi connectivity index (χ0n) is 17.1. The molecule has 4 aromatic rings. The topological polar surface area (TPSA) is 85.3 Å². The van der Waals surface area contributed by atoms with Crippen molar-refractivity contribution in [2.75, 3.05) is 25.7 Å². The Morgan fingerprint density at radius 2 is 1.84 bits per heavy atom. The van der Waals surface area contributed by atoms with Crippen molar-refractivity contribution < 1.29 is 9.47 Å². The Balaban J connectivity index is 1.49. The molecule has 0 fully saturated rings. The molecule has 1 aliphatic heterocycles. The van der Waals surface area contributed by atoms with E-state index >= 15 is 0 Å². The number of aromatic nitrogens is 4. The lowest BCUT2D eigenvalue weighted by Gasteiger charge is -2.27. The maximum Gasteiger partial charge on any atom is 0.260 e. The van der Waals surface area contributed by atoms with E-state index in [9.17, 15) is 4.79 Å². The predicted octanol–water partition coefficient (Wildman–Crippen LogP) is 3.34. The number of halogens is 1. The summed E-state index contributed by atoms with van der Waals surface area (Å²) in [5.74, 6) is 1.53. The zero-order chi connectivity index (χ0) is 21.5. The molecule has 1 N–H and O–H groups in total. The molecule has 0 atom stereocenters. The van der Waals surface area contributed by atoms with Gasteiger partial charge < -0.3 is 18.9 Å². The minimum atomic E-state index is -0.224. The first-order valence-electron chi connectivity index (χ1n) is 9.79. The van der Waals surface area contributed by atoms with Gasteiger partial charge in [-0.25, -0.2) is 9.97 Å². The zero-order valence-corrected chi connectivity index (χ0v) is 17.8. The molecular weight excluding hydrogens is 418 g/mol. The summed E-state index contributed by atoms with van der Waals surface area (Å²) in [7, 11) is 3.09. The van der Waals surface area contributed by atoms with Crippen molar-refractivity contribution in [3.8, 4) is 17.2 Å². The maximum atomic E-state index is 12.7. The number of ether oxygens (including phenoxy) is 2. The third kappa shape index (κ3) is 3.38. The smallest absolute Gasteiger partial charge is 0.260 e. The van der Waals surface area contributed by atoms with Crippen LogP contribution in [0, 0.1) is 0 Å². The lowest BCUT2D eigenvalue weighted by molar-refractivity contribution is 0.355. The molecule has 2 aromatic heterocycles. The van der Waals surface area contributed by atoms with E-state index in [4.69, 9.17) is 21.1 Å². The van der Waals surface area contributed by atoms with Gasteiger partial charge in [0, 0.05) is 35.4 Å². The van der Waals surface area contributed by atoms with E-state index in [0.717, 1.165) is 23.5 Å². The van der Waals surface area contributed by atoms with Crippen LogP contribution in [0.4, 0.5) is 5.95 Å². The number of fused-ring (bicyclic) bond motifs is 2. The van der Waals surface area contributed by atoms with Gasteiger partial charge in [0.1, 0.15) is 0 Å². The lowest BCUT2D eigenvalue weighted by atomic mass is 10.1. The highest BCUT2D eigenvalue weighted by atomic mass is 35.5. The summed E-state index contributed by atoms with van der Waals surface area (Å²) in [6.07, 6.45) is 2.59. The molecule has 5 rings (SSSR count). The fraction of sp³-hybridized carbons (Fsp3) is 0.227. The van der Waals surface area contributed by atoms with E-state index in [1.54, 1.807) is 19.2 Å². The van der Waals surface area contributed by atoms with Gasteiger partial charge in [0.05, 0.1) is 43.7 Å². The van der Waals surface area contributed by atoms with Crippen molar-refractivity contribution in [2.24, 2.45) is 0 Å². The summed E-state index contributed by atoms with van der Waals surface area (Å²) in [6, 6.07) is 11.0. The molecule has 1 aliphatic rings. The first-order chi connectivity index (χ1) is 15.1. The van der Waals surface area contributed by atoms with Crippen molar-refractivity contribution in [3.63, 3.8) is 0 Å². The van der Waals surface area contributed by atoms with Gasteiger partial charge in [0.2, 0.25) is 5.95 Å². The minimum Gasteiger partial charge on any atom is -0.493 e. The molecule has 158 valence electrons. The summed E-state index contributed by atoms with van der Waals surface area (Å²) >= 11 is 6.01. The SMILES string of the molecule is COc1cc2nc(N3CCc4c(ncn4-c4ccc(Cl)cc4)C3)[nH]c(=O)c2cc1OC. The summed E-state index contributed by atoms with van der Waals surface area (Å²) < 4.78 is 12.7. The van der Waals surface area contributed by atoms with E-state index in [1.807, 2.05) is 35.5 Å². The molecule has 3 heterocycles. The van der Waals surface area contributed by atoms with Crippen molar-refractivity contribution in [1.29, 1.82) is 0 Å². The van der Waals surface area contributed by atoms with Crippen LogP contribution in [0.2, 0.25) is 5.02 Å². The maximum absolute atomic E-state index is 12.7. The Kier molecular flexibility index (Phi) is 4.78. The summed E-state index contributed by atoms with van der Waals surface area (Å²) in [5, 5.41) is 1.15. The van der Waals surface area contributed by atoms with Crippen LogP contribution < -0.4 is 19.9 Å². The number of nitrogens with zero attached hydrogens (tertiary/aromatic N) is 4. The van der Waals surface area contributed by atoms with Gasteiger partial charge in [0.15, 0.2) is 11.5 Å². The van der Waals surface area contributed by atoms with E-state index in [0.29, 0.717) is 46.5 Å². The number of hydrogen-bond donors (Lipinski definition) is 1. The predicted molar refractivity (Wildman–Crippen MR) is 119 cm³/mol. The molecule has 0 spiro atoms. The first-order valence-corrected chi connectivity index (χ1v) is 10.2. The van der Waals surface area contributed by atoms with E-state index in [-0.39, 0.29) is 5.56 Å². The van der Waals surface area contributed by atoms with E-state index in [1.165, 1.54) is 7.11 Å². The molecule has 8 nitrogen and oxygen atoms in total. The van der Waals surface area contributed by atoms with Crippen molar-refractivity contribution in [1.82, 2.24) is 19.5 Å². The van der Waals surface area contributed by atoms with Crippen LogP contribution in [0.5, 0.6) is 11.5 Å². The number of benzene rings is 2. The van der Waals surface area contributed by atoms with Crippen molar-refractivity contribution in [3.05, 3.63) is 69.5 Å². The van der Waals surface area contributed by atoms with Gasteiger partial charge in [-0.2, -0.15) is 0 Å². The molecule has 0 saturated carbocycles. The van der Waals surface area contributed by atoms with Gasteiger partial charge in [-0.1, -0.05) is 11.6 Å².